The third-order valence-electron chi connectivity index (χ3n) is 5.26. The molecule has 1 saturated heterocycles. The van der Waals surface area contributed by atoms with Crippen LogP contribution in [0.25, 0.3) is 5.76 Å². The number of ether oxygens (including phenoxy) is 3. The molecular weight excluding hydrogens is 414 g/mol. The van der Waals surface area contributed by atoms with Crippen molar-refractivity contribution >= 4 is 17.4 Å². The van der Waals surface area contributed by atoms with E-state index in [4.69, 9.17) is 14.2 Å². The smallest absolute Gasteiger partial charge is 0.295 e. The number of hydrogen-bond donors (Lipinski definition) is 2. The van der Waals surface area contributed by atoms with Crippen LogP contribution < -0.4 is 14.2 Å². The average Bonchev–Trinajstić information content (AvgIpc) is 3.05. The first kappa shape index (κ1) is 23.0. The summed E-state index contributed by atoms with van der Waals surface area (Å²) in [5.74, 6) is -0.766. The largest absolute Gasteiger partial charge is 0.507 e. The van der Waals surface area contributed by atoms with E-state index in [-0.39, 0.29) is 22.8 Å². The molecule has 1 amide bonds. The number of rotatable bonds is 8. The summed E-state index contributed by atoms with van der Waals surface area (Å²) in [4.78, 5) is 27.3. The van der Waals surface area contributed by atoms with Gasteiger partial charge in [0.05, 0.1) is 32.4 Å². The van der Waals surface area contributed by atoms with Crippen molar-refractivity contribution in [2.45, 2.75) is 26.3 Å². The Hall–Kier alpha value is -3.68. The Morgan fingerprint density at radius 3 is 2.34 bits per heavy atom. The molecule has 0 spiro atoms. The summed E-state index contributed by atoms with van der Waals surface area (Å²) in [6.07, 6.45) is 0.621. The molecule has 0 saturated carbocycles. The van der Waals surface area contributed by atoms with Gasteiger partial charge in [0.15, 0.2) is 23.0 Å². The molecule has 2 aromatic rings. The highest BCUT2D eigenvalue weighted by Crippen LogP contribution is 2.42. The van der Waals surface area contributed by atoms with Crippen LogP contribution in [0.3, 0.4) is 0 Å². The molecule has 1 fully saturated rings. The number of hydrogen-bond acceptors (Lipinski definition) is 7. The van der Waals surface area contributed by atoms with Crippen LogP contribution in [0.5, 0.6) is 23.0 Å². The standard InChI is InChI=1S/C24H27NO7/c1-5-11-25-21(14-7-9-16(26)18(12-14)32-6-2)20(23(28)24(25)29)22(27)15-8-10-17(30-3)19(13-15)31-4/h7-10,12-13,21,26-27H,5-6,11H2,1-4H3/t21-/m1/s1. The number of aliphatic hydroxyl groups is 1. The van der Waals surface area contributed by atoms with Crippen LogP contribution in [0.2, 0.25) is 0 Å². The molecule has 2 N–H and O–H groups in total. The van der Waals surface area contributed by atoms with Crippen molar-refractivity contribution in [3.63, 3.8) is 0 Å². The number of ketones is 1. The van der Waals surface area contributed by atoms with Crippen molar-refractivity contribution in [3.8, 4) is 23.0 Å². The van der Waals surface area contributed by atoms with E-state index >= 15 is 0 Å². The van der Waals surface area contributed by atoms with Gasteiger partial charge in [-0.3, -0.25) is 9.59 Å². The monoisotopic (exact) mass is 441 g/mol. The third kappa shape index (κ3) is 4.08. The van der Waals surface area contributed by atoms with Gasteiger partial charge in [-0.2, -0.15) is 0 Å². The molecule has 0 bridgehead atoms. The second-order valence-corrected chi connectivity index (χ2v) is 7.22. The van der Waals surface area contributed by atoms with E-state index in [2.05, 4.69) is 0 Å². The van der Waals surface area contributed by atoms with Crippen molar-refractivity contribution in [1.29, 1.82) is 0 Å². The van der Waals surface area contributed by atoms with E-state index in [1.807, 2.05) is 6.92 Å². The van der Waals surface area contributed by atoms with Crippen molar-refractivity contribution in [3.05, 3.63) is 53.1 Å². The molecule has 1 atom stereocenters. The zero-order valence-corrected chi connectivity index (χ0v) is 18.5. The van der Waals surface area contributed by atoms with E-state index in [0.717, 1.165) is 0 Å². The van der Waals surface area contributed by atoms with Crippen LogP contribution in [0.1, 0.15) is 37.4 Å². The minimum Gasteiger partial charge on any atom is -0.507 e. The van der Waals surface area contributed by atoms with Gasteiger partial charge in [-0.15, -0.1) is 0 Å². The van der Waals surface area contributed by atoms with Gasteiger partial charge in [0.1, 0.15) is 5.76 Å². The minimum absolute atomic E-state index is 0.0381. The lowest BCUT2D eigenvalue weighted by molar-refractivity contribution is -0.139. The Balaban J connectivity index is 2.20. The van der Waals surface area contributed by atoms with E-state index < -0.39 is 17.7 Å². The number of benzene rings is 2. The lowest BCUT2D eigenvalue weighted by Gasteiger charge is -2.25. The number of phenolic OH excluding ortho intramolecular Hbond substituents is 1. The second-order valence-electron chi connectivity index (χ2n) is 7.22. The summed E-state index contributed by atoms with van der Waals surface area (Å²) >= 11 is 0. The van der Waals surface area contributed by atoms with Gasteiger partial charge in [0, 0.05) is 12.1 Å². The zero-order chi connectivity index (χ0) is 23.4. The Kier molecular flexibility index (Phi) is 6.92. The van der Waals surface area contributed by atoms with Gasteiger partial charge in [-0.1, -0.05) is 13.0 Å². The normalized spacial score (nSPS) is 17.5. The number of phenols is 1. The highest BCUT2D eigenvalue weighted by molar-refractivity contribution is 6.46. The second kappa shape index (κ2) is 9.64. The Morgan fingerprint density at radius 2 is 1.72 bits per heavy atom. The van der Waals surface area contributed by atoms with Crippen molar-refractivity contribution in [2.24, 2.45) is 0 Å². The molecule has 0 radical (unpaired) electrons. The number of methoxy groups -OCH3 is 2. The lowest BCUT2D eigenvalue weighted by atomic mass is 9.94. The SMILES string of the molecule is CCCN1C(=O)C(=O)C(=C(O)c2ccc(OC)c(OC)c2)[C@H]1c1ccc(O)c(OCC)c1. The number of aromatic hydroxyl groups is 1. The molecule has 2 aromatic carbocycles. The molecule has 0 aromatic heterocycles. The molecular formula is C24H27NO7. The Morgan fingerprint density at radius 1 is 1.00 bits per heavy atom. The average molecular weight is 441 g/mol. The van der Waals surface area contributed by atoms with Crippen molar-refractivity contribution < 1.29 is 34.0 Å². The fourth-order valence-corrected chi connectivity index (χ4v) is 3.81. The molecule has 1 aliphatic rings. The predicted molar refractivity (Wildman–Crippen MR) is 118 cm³/mol. The Labute approximate surface area is 186 Å². The van der Waals surface area contributed by atoms with Gasteiger partial charge in [0.2, 0.25) is 0 Å². The van der Waals surface area contributed by atoms with Gasteiger partial charge in [-0.05, 0) is 49.2 Å². The summed E-state index contributed by atoms with van der Waals surface area (Å²) in [5, 5.41) is 21.2. The fourth-order valence-electron chi connectivity index (χ4n) is 3.81. The first-order valence-electron chi connectivity index (χ1n) is 10.3. The summed E-state index contributed by atoms with van der Waals surface area (Å²) < 4.78 is 16.0. The van der Waals surface area contributed by atoms with Crippen LogP contribution in [0.4, 0.5) is 0 Å². The number of likely N-dealkylation sites (tertiary alicyclic amines) is 1. The van der Waals surface area contributed by atoms with E-state index in [1.165, 1.54) is 25.2 Å². The van der Waals surface area contributed by atoms with Gasteiger partial charge < -0.3 is 29.3 Å². The van der Waals surface area contributed by atoms with Crippen LogP contribution in [-0.2, 0) is 9.59 Å². The highest BCUT2D eigenvalue weighted by atomic mass is 16.5. The maximum Gasteiger partial charge on any atom is 0.295 e. The number of carbonyl (C=O) groups is 2. The van der Waals surface area contributed by atoms with Crippen molar-refractivity contribution in [1.82, 2.24) is 4.90 Å². The predicted octanol–water partition coefficient (Wildman–Crippen LogP) is 3.64. The number of Topliss-reactive ketones (excluding diaryl/α,β-unsaturated/α-hetero) is 1. The lowest BCUT2D eigenvalue weighted by Crippen LogP contribution is -2.30. The van der Waals surface area contributed by atoms with E-state index in [1.54, 1.807) is 37.3 Å². The Bertz CT molecular complexity index is 1060. The first-order valence-corrected chi connectivity index (χ1v) is 10.3. The molecule has 170 valence electrons. The maximum absolute atomic E-state index is 13.0. The number of carbonyl (C=O) groups excluding carboxylic acids is 2. The quantitative estimate of drug-likeness (QED) is 0.366. The minimum atomic E-state index is -0.831. The van der Waals surface area contributed by atoms with Crippen LogP contribution in [0, 0.1) is 0 Å². The molecule has 8 nitrogen and oxygen atoms in total. The molecule has 3 rings (SSSR count). The van der Waals surface area contributed by atoms with Gasteiger partial charge in [0.25, 0.3) is 11.7 Å². The van der Waals surface area contributed by atoms with E-state index in [9.17, 15) is 19.8 Å². The van der Waals surface area contributed by atoms with Crippen LogP contribution in [0.15, 0.2) is 42.0 Å². The van der Waals surface area contributed by atoms with Crippen LogP contribution >= 0.6 is 0 Å². The summed E-state index contributed by atoms with van der Waals surface area (Å²) in [5.41, 5.74) is 0.815. The number of nitrogens with zero attached hydrogens (tertiary/aromatic N) is 1. The van der Waals surface area contributed by atoms with E-state index in [0.29, 0.717) is 42.2 Å². The molecule has 1 heterocycles. The molecule has 32 heavy (non-hydrogen) atoms. The summed E-state index contributed by atoms with van der Waals surface area (Å²) in [7, 11) is 2.96. The topological polar surface area (TPSA) is 106 Å². The number of aliphatic hydroxyl groups excluding tert-OH is 1. The zero-order valence-electron chi connectivity index (χ0n) is 18.5. The van der Waals surface area contributed by atoms with Crippen molar-refractivity contribution in [2.75, 3.05) is 27.4 Å². The highest BCUT2D eigenvalue weighted by Gasteiger charge is 2.46. The van der Waals surface area contributed by atoms with Gasteiger partial charge in [-0.25, -0.2) is 0 Å². The first-order chi connectivity index (χ1) is 15.4. The molecule has 1 aliphatic heterocycles. The molecule has 8 heteroatoms. The molecule has 0 aliphatic carbocycles. The maximum atomic E-state index is 13.0. The summed E-state index contributed by atoms with van der Waals surface area (Å²) in [6.45, 7) is 4.33. The fraction of sp³-hybridized carbons (Fsp3) is 0.333. The third-order valence-corrected chi connectivity index (χ3v) is 5.26. The van der Waals surface area contributed by atoms with Gasteiger partial charge >= 0.3 is 0 Å². The summed E-state index contributed by atoms with van der Waals surface area (Å²) in [6, 6.07) is 8.55. The molecule has 0 unspecified atom stereocenters. The number of amides is 1. The van der Waals surface area contributed by atoms with Crippen LogP contribution in [-0.4, -0.2) is 54.2 Å².